The van der Waals surface area contributed by atoms with E-state index in [0.29, 0.717) is 0 Å². The molecule has 0 aromatic rings. The SMILES string of the molecule is CC(=O)N/C=C/C=C/C=C(C#N)C#N. The van der Waals surface area contributed by atoms with Gasteiger partial charge in [0.2, 0.25) is 5.91 Å². The topological polar surface area (TPSA) is 76.7 Å². The number of nitriles is 2. The van der Waals surface area contributed by atoms with E-state index in [0.717, 1.165) is 0 Å². The Kier molecular flexibility index (Phi) is 6.11. The van der Waals surface area contributed by atoms with Crippen molar-refractivity contribution in [2.45, 2.75) is 6.92 Å². The summed E-state index contributed by atoms with van der Waals surface area (Å²) in [6.45, 7) is 1.40. The van der Waals surface area contributed by atoms with Crippen molar-refractivity contribution in [1.82, 2.24) is 5.32 Å². The number of nitrogens with zero attached hydrogens (tertiary/aromatic N) is 2. The molecule has 0 aliphatic carbocycles. The molecule has 0 radical (unpaired) electrons. The van der Waals surface area contributed by atoms with Crippen molar-refractivity contribution in [3.63, 3.8) is 0 Å². The van der Waals surface area contributed by atoms with Gasteiger partial charge in [0, 0.05) is 13.1 Å². The monoisotopic (exact) mass is 187 g/mol. The van der Waals surface area contributed by atoms with Gasteiger partial charge in [-0.3, -0.25) is 4.79 Å². The van der Waals surface area contributed by atoms with Crippen LogP contribution in [0.5, 0.6) is 0 Å². The molecule has 0 bridgehead atoms. The van der Waals surface area contributed by atoms with Gasteiger partial charge in [0.05, 0.1) is 0 Å². The summed E-state index contributed by atoms with van der Waals surface area (Å²) < 4.78 is 0. The number of carbonyl (C=O) groups excluding carboxylic acids is 1. The summed E-state index contributed by atoms with van der Waals surface area (Å²) in [6, 6.07) is 3.43. The predicted octanol–water partition coefficient (Wildman–Crippen LogP) is 1.17. The molecule has 0 heterocycles. The minimum Gasteiger partial charge on any atom is -0.333 e. The quantitative estimate of drug-likeness (QED) is 0.532. The molecule has 1 amide bonds. The standard InChI is InChI=1S/C10H9N3O/c1-9(14)13-6-4-2-3-5-10(7-11)8-12/h2-6H,1H3,(H,13,14)/b3-2+,6-4+. The fraction of sp³-hybridized carbons (Fsp3) is 0.100. The second-order valence-corrected chi connectivity index (χ2v) is 2.25. The number of rotatable bonds is 3. The lowest BCUT2D eigenvalue weighted by Gasteiger charge is -1.86. The summed E-state index contributed by atoms with van der Waals surface area (Å²) in [5.41, 5.74) is 0.0363. The third-order valence-electron chi connectivity index (χ3n) is 1.11. The first-order valence-electron chi connectivity index (χ1n) is 3.81. The lowest BCUT2D eigenvalue weighted by molar-refractivity contribution is -0.118. The minimum atomic E-state index is -0.153. The van der Waals surface area contributed by atoms with Crippen molar-refractivity contribution < 1.29 is 4.79 Å². The van der Waals surface area contributed by atoms with Crippen molar-refractivity contribution in [3.05, 3.63) is 36.1 Å². The molecule has 0 aliphatic heterocycles. The molecule has 0 rings (SSSR count). The largest absolute Gasteiger partial charge is 0.333 e. The molecular formula is C10H9N3O. The van der Waals surface area contributed by atoms with Gasteiger partial charge in [0.15, 0.2) is 0 Å². The van der Waals surface area contributed by atoms with Crippen LogP contribution in [0.3, 0.4) is 0 Å². The van der Waals surface area contributed by atoms with E-state index in [2.05, 4.69) is 5.32 Å². The molecule has 0 fully saturated rings. The van der Waals surface area contributed by atoms with E-state index in [1.54, 1.807) is 30.4 Å². The van der Waals surface area contributed by atoms with Crippen LogP contribution in [0.15, 0.2) is 36.1 Å². The molecule has 0 spiro atoms. The Labute approximate surface area is 82.5 Å². The maximum Gasteiger partial charge on any atom is 0.220 e. The highest BCUT2D eigenvalue weighted by Gasteiger charge is 1.84. The molecule has 14 heavy (non-hydrogen) atoms. The van der Waals surface area contributed by atoms with E-state index >= 15 is 0 Å². The van der Waals surface area contributed by atoms with Gasteiger partial charge in [-0.25, -0.2) is 0 Å². The Hall–Kier alpha value is -2.33. The van der Waals surface area contributed by atoms with E-state index in [-0.39, 0.29) is 11.5 Å². The molecule has 0 atom stereocenters. The van der Waals surface area contributed by atoms with Crippen LogP contribution in [-0.4, -0.2) is 5.91 Å². The number of hydrogen-bond donors (Lipinski definition) is 1. The molecule has 0 aliphatic rings. The lowest BCUT2D eigenvalue weighted by atomic mass is 10.3. The smallest absolute Gasteiger partial charge is 0.220 e. The Morgan fingerprint density at radius 2 is 1.86 bits per heavy atom. The van der Waals surface area contributed by atoms with Gasteiger partial charge in [-0.1, -0.05) is 12.2 Å². The van der Waals surface area contributed by atoms with Crippen LogP contribution < -0.4 is 5.32 Å². The summed E-state index contributed by atoms with van der Waals surface area (Å²) in [4.78, 5) is 10.4. The molecule has 0 aromatic heterocycles. The van der Waals surface area contributed by atoms with Crippen LogP contribution in [0.4, 0.5) is 0 Å². The number of nitrogens with one attached hydrogen (secondary N) is 1. The molecule has 1 N–H and O–H groups in total. The zero-order chi connectivity index (χ0) is 10.8. The van der Waals surface area contributed by atoms with E-state index in [1.807, 2.05) is 0 Å². The average Bonchev–Trinajstić information content (AvgIpc) is 2.16. The highest BCUT2D eigenvalue weighted by molar-refractivity contribution is 5.73. The van der Waals surface area contributed by atoms with Gasteiger partial charge in [-0.15, -0.1) is 0 Å². The summed E-state index contributed by atoms with van der Waals surface area (Å²) in [5, 5.41) is 19.1. The predicted molar refractivity (Wildman–Crippen MR) is 51.4 cm³/mol. The Morgan fingerprint density at radius 3 is 2.36 bits per heavy atom. The van der Waals surface area contributed by atoms with E-state index in [1.165, 1.54) is 19.2 Å². The Morgan fingerprint density at radius 1 is 1.21 bits per heavy atom. The minimum absolute atomic E-state index is 0.0363. The van der Waals surface area contributed by atoms with Gasteiger partial charge in [-0.05, 0) is 12.2 Å². The highest BCUT2D eigenvalue weighted by Crippen LogP contribution is 1.89. The van der Waals surface area contributed by atoms with Crippen LogP contribution in [0.25, 0.3) is 0 Å². The first-order chi connectivity index (χ1) is 6.70. The summed E-state index contributed by atoms with van der Waals surface area (Å²) >= 11 is 0. The lowest BCUT2D eigenvalue weighted by Crippen LogP contribution is -2.10. The molecule has 4 heteroatoms. The Bertz CT molecular complexity index is 348. The van der Waals surface area contributed by atoms with Crippen molar-refractivity contribution in [3.8, 4) is 12.1 Å². The molecule has 4 nitrogen and oxygen atoms in total. The third kappa shape index (κ3) is 6.38. The maximum absolute atomic E-state index is 10.4. The van der Waals surface area contributed by atoms with Crippen molar-refractivity contribution >= 4 is 5.91 Å². The second kappa shape index (κ2) is 7.33. The number of hydrogen-bond acceptors (Lipinski definition) is 3. The molecule has 0 saturated carbocycles. The fourth-order valence-electron chi connectivity index (χ4n) is 0.536. The number of amides is 1. The molecule has 70 valence electrons. The zero-order valence-electron chi connectivity index (χ0n) is 7.69. The van der Waals surface area contributed by atoms with Crippen LogP contribution >= 0.6 is 0 Å². The first-order valence-corrected chi connectivity index (χ1v) is 3.81. The maximum atomic E-state index is 10.4. The van der Waals surface area contributed by atoms with Crippen molar-refractivity contribution in [1.29, 1.82) is 10.5 Å². The van der Waals surface area contributed by atoms with Crippen molar-refractivity contribution in [2.75, 3.05) is 0 Å². The number of carbonyl (C=O) groups is 1. The highest BCUT2D eigenvalue weighted by atomic mass is 16.1. The fourth-order valence-corrected chi connectivity index (χ4v) is 0.536. The summed E-state index contributed by atoms with van der Waals surface area (Å²) in [6.07, 6.45) is 7.58. The van der Waals surface area contributed by atoms with Crippen LogP contribution in [-0.2, 0) is 4.79 Å². The van der Waals surface area contributed by atoms with Gasteiger partial charge in [-0.2, -0.15) is 10.5 Å². The van der Waals surface area contributed by atoms with E-state index < -0.39 is 0 Å². The zero-order valence-corrected chi connectivity index (χ0v) is 7.69. The molecule has 0 aromatic carbocycles. The van der Waals surface area contributed by atoms with Crippen LogP contribution in [0.1, 0.15) is 6.92 Å². The normalized spacial score (nSPS) is 9.36. The average molecular weight is 187 g/mol. The first kappa shape index (κ1) is 11.7. The van der Waals surface area contributed by atoms with Crippen molar-refractivity contribution in [2.24, 2.45) is 0 Å². The summed E-state index contributed by atoms with van der Waals surface area (Å²) in [5.74, 6) is -0.153. The molecule has 0 unspecified atom stereocenters. The summed E-state index contributed by atoms with van der Waals surface area (Å²) in [7, 11) is 0. The van der Waals surface area contributed by atoms with Gasteiger partial charge in [0.1, 0.15) is 17.7 Å². The molecular weight excluding hydrogens is 178 g/mol. The van der Waals surface area contributed by atoms with Crippen LogP contribution in [0.2, 0.25) is 0 Å². The van der Waals surface area contributed by atoms with E-state index in [9.17, 15) is 4.79 Å². The van der Waals surface area contributed by atoms with Gasteiger partial charge >= 0.3 is 0 Å². The number of allylic oxidation sites excluding steroid dienone is 5. The third-order valence-corrected chi connectivity index (χ3v) is 1.11. The van der Waals surface area contributed by atoms with Gasteiger partial charge in [0.25, 0.3) is 0 Å². The van der Waals surface area contributed by atoms with Crippen LogP contribution in [0, 0.1) is 22.7 Å². The molecule has 0 saturated heterocycles. The van der Waals surface area contributed by atoms with E-state index in [4.69, 9.17) is 10.5 Å². The van der Waals surface area contributed by atoms with Gasteiger partial charge < -0.3 is 5.32 Å². The Balaban J connectivity index is 4.04. The second-order valence-electron chi connectivity index (χ2n) is 2.25.